The highest BCUT2D eigenvalue weighted by Gasteiger charge is 2.22. The van der Waals surface area contributed by atoms with Crippen LogP contribution in [0.1, 0.15) is 32.6 Å². The van der Waals surface area contributed by atoms with Crippen molar-refractivity contribution in [2.24, 2.45) is 0 Å². The fraction of sp³-hybridized carbons (Fsp3) is 0.750. The molecule has 0 aliphatic heterocycles. The lowest BCUT2D eigenvalue weighted by Gasteiger charge is -2.29. The molecule has 4 heteroatoms. The van der Waals surface area contributed by atoms with Crippen molar-refractivity contribution in [1.29, 1.82) is 0 Å². The number of hydrogen-bond donors (Lipinski definition) is 2. The first-order valence-corrected chi connectivity index (χ1v) is 6.90. The highest BCUT2D eigenvalue weighted by Crippen LogP contribution is 2.28. The monoisotopic (exact) mass is 240 g/mol. The van der Waals surface area contributed by atoms with Crippen LogP contribution in [0.5, 0.6) is 0 Å². The summed E-state index contributed by atoms with van der Waals surface area (Å²) < 4.78 is 0. The van der Waals surface area contributed by atoms with Crippen LogP contribution < -0.4 is 10.6 Å². The van der Waals surface area contributed by atoms with Gasteiger partial charge in [0.2, 0.25) is 0 Å². The number of carbonyl (C=O) groups excluding carboxylic acids is 1. The number of urea groups is 1. The first-order chi connectivity index (χ1) is 7.76. The Balaban J connectivity index is 2.26. The van der Waals surface area contributed by atoms with E-state index >= 15 is 0 Å². The molecule has 90 valence electrons. The maximum Gasteiger partial charge on any atom is 0.315 e. The van der Waals surface area contributed by atoms with Gasteiger partial charge in [0.15, 0.2) is 0 Å². The molecule has 0 aromatic rings. The first kappa shape index (κ1) is 13.2. The molecule has 0 spiro atoms. The van der Waals surface area contributed by atoms with E-state index in [4.69, 9.17) is 6.42 Å². The molecule has 2 atom stereocenters. The third kappa shape index (κ3) is 4.80. The minimum atomic E-state index is -0.134. The fourth-order valence-electron chi connectivity index (χ4n) is 2.03. The van der Waals surface area contributed by atoms with Gasteiger partial charge in [0.05, 0.1) is 6.54 Å². The number of amides is 2. The van der Waals surface area contributed by atoms with Gasteiger partial charge in [-0.2, -0.15) is 11.8 Å². The molecule has 0 unspecified atom stereocenters. The predicted octanol–water partition coefficient (Wildman–Crippen LogP) is 1.98. The van der Waals surface area contributed by atoms with Crippen LogP contribution in [0.25, 0.3) is 0 Å². The number of nitrogens with one attached hydrogen (secondary N) is 2. The van der Waals surface area contributed by atoms with Crippen LogP contribution in [0.15, 0.2) is 0 Å². The van der Waals surface area contributed by atoms with Gasteiger partial charge in [-0.25, -0.2) is 4.79 Å². The Labute approximate surface area is 102 Å². The number of thioether (sulfide) groups is 1. The fourth-order valence-corrected chi connectivity index (χ4v) is 3.20. The molecule has 1 aliphatic rings. The quantitative estimate of drug-likeness (QED) is 0.738. The maximum absolute atomic E-state index is 11.4. The van der Waals surface area contributed by atoms with Crippen LogP contribution in [0.3, 0.4) is 0 Å². The lowest BCUT2D eigenvalue weighted by Crippen LogP contribution is -2.44. The van der Waals surface area contributed by atoms with Gasteiger partial charge < -0.3 is 10.6 Å². The van der Waals surface area contributed by atoms with Crippen LogP contribution >= 0.6 is 11.8 Å². The summed E-state index contributed by atoms with van der Waals surface area (Å²) in [6.07, 6.45) is 9.74. The second-order valence-electron chi connectivity index (χ2n) is 3.97. The van der Waals surface area contributed by atoms with E-state index in [-0.39, 0.29) is 6.03 Å². The Morgan fingerprint density at radius 2 is 2.38 bits per heavy atom. The Morgan fingerprint density at radius 3 is 3.06 bits per heavy atom. The third-order valence-corrected chi connectivity index (χ3v) is 3.95. The van der Waals surface area contributed by atoms with Gasteiger partial charge in [0, 0.05) is 11.3 Å². The highest BCUT2D eigenvalue weighted by molar-refractivity contribution is 7.99. The van der Waals surface area contributed by atoms with Gasteiger partial charge in [0.1, 0.15) is 0 Å². The van der Waals surface area contributed by atoms with Crippen molar-refractivity contribution in [3.63, 3.8) is 0 Å². The van der Waals surface area contributed by atoms with E-state index < -0.39 is 0 Å². The van der Waals surface area contributed by atoms with Crippen LogP contribution in [0, 0.1) is 12.3 Å². The molecule has 2 amide bonds. The SMILES string of the molecule is C#CCNC(=O)N[C@H]1CCC[C@H](SCC)C1. The summed E-state index contributed by atoms with van der Waals surface area (Å²) in [6.45, 7) is 2.48. The van der Waals surface area contributed by atoms with Gasteiger partial charge in [-0.05, 0) is 25.0 Å². The highest BCUT2D eigenvalue weighted by atomic mass is 32.2. The molecular weight excluding hydrogens is 220 g/mol. The Kier molecular flexibility index (Phi) is 6.17. The van der Waals surface area contributed by atoms with Crippen LogP contribution in [0.2, 0.25) is 0 Å². The van der Waals surface area contributed by atoms with Crippen molar-refractivity contribution < 1.29 is 4.79 Å². The van der Waals surface area contributed by atoms with E-state index in [1.54, 1.807) is 0 Å². The zero-order valence-corrected chi connectivity index (χ0v) is 10.6. The average molecular weight is 240 g/mol. The van der Waals surface area contributed by atoms with Gasteiger partial charge >= 0.3 is 6.03 Å². The van der Waals surface area contributed by atoms with Crippen molar-refractivity contribution in [3.8, 4) is 12.3 Å². The zero-order chi connectivity index (χ0) is 11.8. The van der Waals surface area contributed by atoms with E-state index in [1.165, 1.54) is 12.8 Å². The average Bonchev–Trinajstić information content (AvgIpc) is 2.27. The summed E-state index contributed by atoms with van der Waals surface area (Å²) in [5.74, 6) is 3.54. The summed E-state index contributed by atoms with van der Waals surface area (Å²) in [4.78, 5) is 11.4. The Bertz CT molecular complexity index is 260. The summed E-state index contributed by atoms with van der Waals surface area (Å²) in [7, 11) is 0. The first-order valence-electron chi connectivity index (χ1n) is 5.85. The molecule has 0 radical (unpaired) electrons. The Morgan fingerprint density at radius 1 is 1.56 bits per heavy atom. The molecule has 1 rings (SSSR count). The molecule has 0 saturated heterocycles. The summed E-state index contributed by atoms with van der Waals surface area (Å²) in [5, 5.41) is 6.32. The minimum absolute atomic E-state index is 0.134. The molecule has 0 bridgehead atoms. The normalized spacial score (nSPS) is 24.5. The smallest absolute Gasteiger partial charge is 0.315 e. The summed E-state index contributed by atoms with van der Waals surface area (Å²) in [5.41, 5.74) is 0. The largest absolute Gasteiger partial charge is 0.335 e. The van der Waals surface area contributed by atoms with Gasteiger partial charge in [-0.3, -0.25) is 0 Å². The number of hydrogen-bond acceptors (Lipinski definition) is 2. The maximum atomic E-state index is 11.4. The summed E-state index contributed by atoms with van der Waals surface area (Å²) in [6, 6.07) is 0.181. The standard InChI is InChI=1S/C12H20N2OS/c1-3-8-13-12(15)14-10-6-5-7-11(9-10)16-4-2/h1,10-11H,4-9H2,2H3,(H2,13,14,15)/t10-,11-/m0/s1. The van der Waals surface area contributed by atoms with E-state index in [0.717, 1.165) is 18.6 Å². The molecule has 0 aromatic carbocycles. The molecule has 2 N–H and O–H groups in total. The van der Waals surface area contributed by atoms with E-state index in [2.05, 4.69) is 23.5 Å². The minimum Gasteiger partial charge on any atom is -0.335 e. The lowest BCUT2D eigenvalue weighted by molar-refractivity contribution is 0.234. The molecule has 1 fully saturated rings. The van der Waals surface area contributed by atoms with E-state index in [1.807, 2.05) is 11.8 Å². The second-order valence-corrected chi connectivity index (χ2v) is 5.55. The molecule has 3 nitrogen and oxygen atoms in total. The van der Waals surface area contributed by atoms with Crippen LogP contribution in [-0.4, -0.2) is 29.6 Å². The van der Waals surface area contributed by atoms with Crippen molar-refractivity contribution in [2.45, 2.75) is 43.9 Å². The van der Waals surface area contributed by atoms with Crippen LogP contribution in [-0.2, 0) is 0 Å². The molecule has 1 saturated carbocycles. The number of carbonyl (C=O) groups is 1. The van der Waals surface area contributed by atoms with E-state index in [0.29, 0.717) is 17.8 Å². The van der Waals surface area contributed by atoms with Gasteiger partial charge in [-0.1, -0.05) is 19.3 Å². The number of rotatable bonds is 4. The van der Waals surface area contributed by atoms with Crippen molar-refractivity contribution >= 4 is 17.8 Å². The molecule has 0 heterocycles. The topological polar surface area (TPSA) is 41.1 Å². The number of terminal acetylenes is 1. The van der Waals surface area contributed by atoms with E-state index in [9.17, 15) is 4.79 Å². The molecular formula is C12H20N2OS. The van der Waals surface area contributed by atoms with Gasteiger partial charge in [-0.15, -0.1) is 6.42 Å². The predicted molar refractivity (Wildman–Crippen MR) is 69.5 cm³/mol. The lowest BCUT2D eigenvalue weighted by atomic mass is 9.95. The summed E-state index contributed by atoms with van der Waals surface area (Å²) >= 11 is 2.00. The molecule has 16 heavy (non-hydrogen) atoms. The molecule has 1 aliphatic carbocycles. The van der Waals surface area contributed by atoms with Crippen LogP contribution in [0.4, 0.5) is 4.79 Å². The zero-order valence-electron chi connectivity index (χ0n) is 9.79. The molecule has 0 aromatic heterocycles. The second kappa shape index (κ2) is 7.45. The third-order valence-electron chi connectivity index (χ3n) is 2.71. The Hall–Kier alpha value is -0.820. The van der Waals surface area contributed by atoms with Gasteiger partial charge in [0.25, 0.3) is 0 Å². The van der Waals surface area contributed by atoms with Crippen molar-refractivity contribution in [1.82, 2.24) is 10.6 Å². The van der Waals surface area contributed by atoms with Crippen molar-refractivity contribution in [3.05, 3.63) is 0 Å². The van der Waals surface area contributed by atoms with Crippen molar-refractivity contribution in [2.75, 3.05) is 12.3 Å².